The van der Waals surface area contributed by atoms with Gasteiger partial charge >= 0.3 is 11.9 Å². The zero-order valence-corrected chi connectivity index (χ0v) is 15.6. The SMILES string of the molecule is CNC(C)C12CCCCC3C(=O)OC(=S)C3CC(C1)C(=S)OC2=O. The number of esters is 2. The van der Waals surface area contributed by atoms with Crippen molar-refractivity contribution in [2.45, 2.75) is 51.5 Å². The summed E-state index contributed by atoms with van der Waals surface area (Å²) in [5.74, 6) is -0.769. The van der Waals surface area contributed by atoms with Gasteiger partial charge in [0, 0.05) is 17.9 Å². The lowest BCUT2D eigenvalue weighted by Crippen LogP contribution is -2.54. The first kappa shape index (κ1) is 17.9. The Morgan fingerprint density at radius 2 is 1.92 bits per heavy atom. The first-order valence-corrected chi connectivity index (χ1v) is 9.39. The minimum absolute atomic E-state index is 0.000708. The molecule has 0 aromatic carbocycles. The average molecular weight is 370 g/mol. The van der Waals surface area contributed by atoms with Crippen molar-refractivity contribution < 1.29 is 19.1 Å². The number of thiocarbonyl (C=S) groups is 2. The lowest BCUT2D eigenvalue weighted by molar-refractivity contribution is -0.154. The van der Waals surface area contributed by atoms with Gasteiger partial charge in [0.25, 0.3) is 0 Å². The van der Waals surface area contributed by atoms with Gasteiger partial charge in [-0.05, 0) is 64.1 Å². The van der Waals surface area contributed by atoms with Crippen molar-refractivity contribution in [1.82, 2.24) is 5.32 Å². The van der Waals surface area contributed by atoms with Gasteiger partial charge in [-0.3, -0.25) is 9.59 Å². The number of cyclic esters (lactones) is 2. The van der Waals surface area contributed by atoms with E-state index in [4.69, 9.17) is 33.9 Å². The van der Waals surface area contributed by atoms with Crippen molar-refractivity contribution in [1.29, 1.82) is 0 Å². The van der Waals surface area contributed by atoms with Crippen LogP contribution in [-0.4, -0.2) is 35.1 Å². The fourth-order valence-electron chi connectivity index (χ4n) is 4.38. The summed E-state index contributed by atoms with van der Waals surface area (Å²) >= 11 is 10.6. The van der Waals surface area contributed by atoms with Gasteiger partial charge in [-0.25, -0.2) is 0 Å². The predicted octanol–water partition coefficient (Wildman–Crippen LogP) is 2.55. The third-order valence-electron chi connectivity index (χ3n) is 6.02. The quantitative estimate of drug-likeness (QED) is 0.593. The number of hydrogen-bond acceptors (Lipinski definition) is 7. The summed E-state index contributed by atoms with van der Waals surface area (Å²) in [5.41, 5.74) is -0.570. The number of carbonyl (C=O) groups is 2. The highest BCUT2D eigenvalue weighted by molar-refractivity contribution is 7.80. The normalized spacial score (nSPS) is 38.2. The summed E-state index contributed by atoms with van der Waals surface area (Å²) in [6.45, 7) is 2.02. The molecule has 0 amide bonds. The largest absolute Gasteiger partial charge is 0.419 e. The highest BCUT2D eigenvalue weighted by Gasteiger charge is 2.53. The van der Waals surface area contributed by atoms with Gasteiger partial charge in [-0.2, -0.15) is 0 Å². The molecular weight excluding hydrogens is 346 g/mol. The van der Waals surface area contributed by atoms with Crippen molar-refractivity contribution in [3.8, 4) is 0 Å². The Bertz CT molecular complexity index is 593. The lowest BCUT2D eigenvalue weighted by atomic mass is 9.66. The van der Waals surface area contributed by atoms with Crippen LogP contribution in [0.4, 0.5) is 0 Å². The molecule has 2 bridgehead atoms. The Hall–Kier alpha value is -0.920. The molecular formula is C17H23NO4S2. The van der Waals surface area contributed by atoms with Gasteiger partial charge in [-0.1, -0.05) is 12.8 Å². The maximum atomic E-state index is 12.7. The first-order valence-electron chi connectivity index (χ1n) is 8.58. The van der Waals surface area contributed by atoms with Crippen LogP contribution in [0, 0.1) is 23.2 Å². The minimum Gasteiger partial charge on any atom is -0.419 e. The third kappa shape index (κ3) is 2.91. The Morgan fingerprint density at radius 1 is 1.17 bits per heavy atom. The monoisotopic (exact) mass is 369 g/mol. The minimum atomic E-state index is -0.570. The van der Waals surface area contributed by atoms with Crippen LogP contribution in [0.2, 0.25) is 0 Å². The zero-order chi connectivity index (χ0) is 17.5. The molecule has 7 heteroatoms. The molecule has 5 atom stereocenters. The molecule has 1 aliphatic carbocycles. The first-order chi connectivity index (χ1) is 11.4. The second-order valence-corrected chi connectivity index (χ2v) is 8.02. The molecule has 24 heavy (non-hydrogen) atoms. The molecule has 3 rings (SSSR count). The van der Waals surface area contributed by atoms with Crippen LogP contribution in [0.1, 0.15) is 45.4 Å². The second kappa shape index (κ2) is 6.77. The molecule has 0 aromatic heterocycles. The molecule has 5 nitrogen and oxygen atoms in total. The molecule has 2 aliphatic heterocycles. The number of fused-ring (bicyclic) bond motifs is 3. The maximum absolute atomic E-state index is 12.7. The van der Waals surface area contributed by atoms with Gasteiger partial charge < -0.3 is 14.8 Å². The maximum Gasteiger partial charge on any atom is 0.319 e. The Balaban J connectivity index is 1.93. The molecule has 1 saturated carbocycles. The van der Waals surface area contributed by atoms with E-state index in [9.17, 15) is 9.59 Å². The summed E-state index contributed by atoms with van der Waals surface area (Å²) in [6, 6.07) is -0.000708. The summed E-state index contributed by atoms with van der Waals surface area (Å²) in [4.78, 5) is 24.8. The van der Waals surface area contributed by atoms with Crippen LogP contribution in [0.3, 0.4) is 0 Å². The Labute approximate surface area is 152 Å². The molecule has 0 radical (unpaired) electrons. The number of ether oxygens (including phenoxy) is 2. The van der Waals surface area contributed by atoms with Crippen molar-refractivity contribution in [2.75, 3.05) is 7.05 Å². The highest BCUT2D eigenvalue weighted by atomic mass is 32.1. The van der Waals surface area contributed by atoms with Crippen molar-refractivity contribution in [2.24, 2.45) is 23.2 Å². The van der Waals surface area contributed by atoms with E-state index in [1.54, 1.807) is 0 Å². The van der Waals surface area contributed by atoms with Gasteiger partial charge in [0.05, 0.1) is 11.3 Å². The van der Waals surface area contributed by atoms with Crippen LogP contribution in [0.5, 0.6) is 0 Å². The summed E-state index contributed by atoms with van der Waals surface area (Å²) in [5, 5.41) is 3.93. The van der Waals surface area contributed by atoms with Gasteiger partial charge in [-0.15, -0.1) is 0 Å². The van der Waals surface area contributed by atoms with Gasteiger partial charge in [0.1, 0.15) is 0 Å². The van der Waals surface area contributed by atoms with E-state index in [-0.39, 0.29) is 35.7 Å². The van der Waals surface area contributed by atoms with Crippen LogP contribution in [-0.2, 0) is 19.1 Å². The van der Waals surface area contributed by atoms with E-state index in [2.05, 4.69) is 5.32 Å². The fourth-order valence-corrected chi connectivity index (χ4v) is 4.98. The average Bonchev–Trinajstić information content (AvgIpc) is 2.81. The Morgan fingerprint density at radius 3 is 2.62 bits per heavy atom. The topological polar surface area (TPSA) is 64.6 Å². The molecule has 5 unspecified atom stereocenters. The molecule has 2 saturated heterocycles. The zero-order valence-electron chi connectivity index (χ0n) is 14.0. The van der Waals surface area contributed by atoms with Crippen LogP contribution in [0.25, 0.3) is 0 Å². The van der Waals surface area contributed by atoms with Crippen LogP contribution >= 0.6 is 24.4 Å². The number of nitrogens with one attached hydrogen (secondary N) is 1. The van der Waals surface area contributed by atoms with Gasteiger partial charge in [0.2, 0.25) is 0 Å². The molecule has 3 aliphatic rings. The van der Waals surface area contributed by atoms with Crippen LogP contribution < -0.4 is 5.32 Å². The van der Waals surface area contributed by atoms with E-state index in [0.29, 0.717) is 22.9 Å². The standard InChI is InChI=1S/C17H23NO4S2/c1-9(18-2)17-6-4-3-5-11-12(15(24)21-13(11)19)7-10(8-17)14(23)22-16(17)20/h9-12,18H,3-8H2,1-2H3. The number of carbonyl (C=O) groups excluding carboxylic acids is 2. The van der Waals surface area contributed by atoms with Crippen molar-refractivity contribution >= 4 is 46.5 Å². The van der Waals surface area contributed by atoms with E-state index < -0.39 is 5.41 Å². The molecule has 0 spiro atoms. The fraction of sp³-hybridized carbons (Fsp3) is 0.765. The number of rotatable bonds is 2. The lowest BCUT2D eigenvalue weighted by Gasteiger charge is -2.44. The molecule has 2 heterocycles. The second-order valence-electron chi connectivity index (χ2n) is 7.21. The van der Waals surface area contributed by atoms with Crippen LogP contribution in [0.15, 0.2) is 0 Å². The summed E-state index contributed by atoms with van der Waals surface area (Å²) in [6.07, 6.45) is 4.50. The highest BCUT2D eigenvalue weighted by Crippen LogP contribution is 2.46. The van der Waals surface area contributed by atoms with E-state index in [1.807, 2.05) is 14.0 Å². The summed E-state index contributed by atoms with van der Waals surface area (Å²) in [7, 11) is 1.86. The van der Waals surface area contributed by atoms with E-state index >= 15 is 0 Å². The molecule has 3 fully saturated rings. The van der Waals surface area contributed by atoms with Gasteiger partial charge in [0.15, 0.2) is 10.1 Å². The molecule has 1 N–H and O–H groups in total. The molecule has 132 valence electrons. The third-order valence-corrected chi connectivity index (χ3v) is 6.83. The van der Waals surface area contributed by atoms with E-state index in [0.717, 1.165) is 25.7 Å². The predicted molar refractivity (Wildman–Crippen MR) is 96.5 cm³/mol. The summed E-state index contributed by atoms with van der Waals surface area (Å²) < 4.78 is 10.7. The smallest absolute Gasteiger partial charge is 0.319 e. The van der Waals surface area contributed by atoms with Crippen molar-refractivity contribution in [3.63, 3.8) is 0 Å². The Kier molecular flexibility index (Phi) is 5.04. The molecule has 0 aromatic rings. The number of hydrogen-bond donors (Lipinski definition) is 1. The van der Waals surface area contributed by atoms with Crippen molar-refractivity contribution in [3.05, 3.63) is 0 Å². The van der Waals surface area contributed by atoms with E-state index in [1.165, 1.54) is 0 Å².